The van der Waals surface area contributed by atoms with Crippen molar-refractivity contribution in [1.29, 1.82) is 0 Å². The van der Waals surface area contributed by atoms with Crippen molar-refractivity contribution in [1.82, 2.24) is 9.71 Å². The van der Waals surface area contributed by atoms with Gasteiger partial charge in [-0.3, -0.25) is 4.31 Å². The molecule has 0 saturated carbocycles. The molecule has 0 aliphatic heterocycles. The Labute approximate surface area is 146 Å². The van der Waals surface area contributed by atoms with Crippen LogP contribution in [0.15, 0.2) is 46.9 Å². The Bertz CT molecular complexity index is 998. The molecule has 8 heteroatoms. The van der Waals surface area contributed by atoms with Gasteiger partial charge in [-0.15, -0.1) is 0 Å². The molecule has 2 N–H and O–H groups in total. The van der Waals surface area contributed by atoms with Gasteiger partial charge in [0.05, 0.1) is 17.7 Å². The van der Waals surface area contributed by atoms with Crippen LogP contribution in [0.1, 0.15) is 11.5 Å². The summed E-state index contributed by atoms with van der Waals surface area (Å²) < 4.78 is 32.8. The third-order valence-corrected chi connectivity index (χ3v) is 5.34. The molecule has 2 heterocycles. The van der Waals surface area contributed by atoms with Crippen LogP contribution >= 0.6 is 0 Å². The van der Waals surface area contributed by atoms with Gasteiger partial charge in [0.15, 0.2) is 0 Å². The first-order chi connectivity index (χ1) is 11.9. The number of aryl methyl sites for hydroxylation is 1. The highest BCUT2D eigenvalue weighted by Crippen LogP contribution is 2.23. The van der Waals surface area contributed by atoms with Crippen molar-refractivity contribution in [2.75, 3.05) is 23.7 Å². The summed E-state index contributed by atoms with van der Waals surface area (Å²) in [5.41, 5.74) is 1.34. The smallest absolute Gasteiger partial charge is 0.301 e. The summed E-state index contributed by atoms with van der Waals surface area (Å²) in [6.07, 6.45) is 0. The van der Waals surface area contributed by atoms with Gasteiger partial charge in [0.25, 0.3) is 0 Å². The predicted molar refractivity (Wildman–Crippen MR) is 98.9 cm³/mol. The van der Waals surface area contributed by atoms with Gasteiger partial charge >= 0.3 is 10.2 Å². The molecule has 3 aromatic rings. The van der Waals surface area contributed by atoms with Gasteiger partial charge in [0, 0.05) is 19.5 Å². The van der Waals surface area contributed by atoms with E-state index in [-0.39, 0.29) is 0 Å². The zero-order valence-electron chi connectivity index (χ0n) is 14.3. The van der Waals surface area contributed by atoms with E-state index in [2.05, 4.69) is 15.0 Å². The average Bonchev–Trinajstić information content (AvgIpc) is 3.04. The van der Waals surface area contributed by atoms with E-state index in [9.17, 15) is 8.42 Å². The highest BCUT2D eigenvalue weighted by molar-refractivity contribution is 7.90. The number of pyridine rings is 1. The monoisotopic (exact) mass is 360 g/mol. The third-order valence-electron chi connectivity index (χ3n) is 3.89. The molecule has 0 spiro atoms. The highest BCUT2D eigenvalue weighted by atomic mass is 32.2. The largest absolute Gasteiger partial charge is 0.465 e. The van der Waals surface area contributed by atoms with Gasteiger partial charge in [-0.2, -0.15) is 8.42 Å². The normalized spacial score (nSPS) is 11.6. The van der Waals surface area contributed by atoms with Crippen LogP contribution in [0.2, 0.25) is 0 Å². The van der Waals surface area contributed by atoms with E-state index in [4.69, 9.17) is 4.42 Å². The van der Waals surface area contributed by atoms with Crippen LogP contribution in [-0.4, -0.2) is 27.5 Å². The fourth-order valence-corrected chi connectivity index (χ4v) is 3.11. The van der Waals surface area contributed by atoms with Crippen molar-refractivity contribution in [3.05, 3.63) is 54.0 Å². The number of rotatable bonds is 6. The molecule has 0 aliphatic carbocycles. The van der Waals surface area contributed by atoms with E-state index in [1.165, 1.54) is 18.4 Å². The second-order valence-electron chi connectivity index (χ2n) is 5.62. The van der Waals surface area contributed by atoms with Crippen molar-refractivity contribution in [3.8, 4) is 0 Å². The van der Waals surface area contributed by atoms with Crippen molar-refractivity contribution in [2.24, 2.45) is 0 Å². The molecule has 0 bridgehead atoms. The van der Waals surface area contributed by atoms with Crippen molar-refractivity contribution in [2.45, 2.75) is 13.5 Å². The molecule has 132 valence electrons. The van der Waals surface area contributed by atoms with Crippen LogP contribution in [0.4, 0.5) is 11.5 Å². The summed E-state index contributed by atoms with van der Waals surface area (Å²) in [5, 5.41) is 4.07. The number of hydrogen-bond acceptors (Lipinski definition) is 5. The standard InChI is InChI=1S/C17H20N4O3S/c1-12-4-7-15(24-12)11-19-17-9-5-13-10-14(6-8-16(13)20-17)21(3)25(22,23)18-2/h4-10,18H,11H2,1-3H3,(H,19,20). The van der Waals surface area contributed by atoms with Gasteiger partial charge in [0.1, 0.15) is 17.3 Å². The lowest BCUT2D eigenvalue weighted by Gasteiger charge is -2.18. The first-order valence-corrected chi connectivity index (χ1v) is 9.20. The topological polar surface area (TPSA) is 87.5 Å². The summed E-state index contributed by atoms with van der Waals surface area (Å²) >= 11 is 0. The Morgan fingerprint density at radius 1 is 1.16 bits per heavy atom. The second-order valence-corrected chi connectivity index (χ2v) is 7.52. The van der Waals surface area contributed by atoms with E-state index in [0.717, 1.165) is 28.2 Å². The maximum atomic E-state index is 11.9. The first kappa shape index (κ1) is 17.2. The minimum absolute atomic E-state index is 0.549. The summed E-state index contributed by atoms with van der Waals surface area (Å²) in [4.78, 5) is 4.54. The number of aromatic nitrogens is 1. The van der Waals surface area contributed by atoms with Gasteiger partial charge in [-0.1, -0.05) is 0 Å². The quantitative estimate of drug-likeness (QED) is 0.706. The SMILES string of the molecule is CNS(=O)(=O)N(C)c1ccc2nc(NCc3ccc(C)o3)ccc2c1. The molecule has 0 fully saturated rings. The number of nitrogens with zero attached hydrogens (tertiary/aromatic N) is 2. The van der Waals surface area contributed by atoms with Crippen LogP contribution in [-0.2, 0) is 16.8 Å². The second kappa shape index (κ2) is 6.73. The van der Waals surface area contributed by atoms with Crippen molar-refractivity contribution < 1.29 is 12.8 Å². The number of fused-ring (bicyclic) bond motifs is 1. The van der Waals surface area contributed by atoms with Crippen LogP contribution in [0, 0.1) is 6.92 Å². The minimum Gasteiger partial charge on any atom is -0.465 e. The lowest BCUT2D eigenvalue weighted by Crippen LogP contribution is -2.35. The number of nitrogens with one attached hydrogen (secondary N) is 2. The van der Waals surface area contributed by atoms with E-state index in [1.807, 2.05) is 31.2 Å². The summed E-state index contributed by atoms with van der Waals surface area (Å²) in [6, 6.07) is 12.9. The number of benzene rings is 1. The molecule has 0 saturated heterocycles. The van der Waals surface area contributed by atoms with E-state index < -0.39 is 10.2 Å². The Balaban J connectivity index is 1.81. The minimum atomic E-state index is -3.53. The molecule has 2 aromatic heterocycles. The van der Waals surface area contributed by atoms with Gasteiger partial charge in [-0.25, -0.2) is 9.71 Å². The van der Waals surface area contributed by atoms with Crippen LogP contribution in [0.5, 0.6) is 0 Å². The van der Waals surface area contributed by atoms with Gasteiger partial charge < -0.3 is 9.73 Å². The molecule has 0 atom stereocenters. The average molecular weight is 360 g/mol. The molecule has 7 nitrogen and oxygen atoms in total. The van der Waals surface area contributed by atoms with E-state index in [0.29, 0.717) is 12.2 Å². The van der Waals surface area contributed by atoms with Crippen LogP contribution in [0.25, 0.3) is 10.9 Å². The summed E-state index contributed by atoms with van der Waals surface area (Å²) in [5.74, 6) is 2.44. The Morgan fingerprint density at radius 2 is 1.96 bits per heavy atom. The lowest BCUT2D eigenvalue weighted by atomic mass is 10.2. The predicted octanol–water partition coefficient (Wildman–Crippen LogP) is 2.65. The highest BCUT2D eigenvalue weighted by Gasteiger charge is 2.16. The molecule has 0 unspecified atom stereocenters. The maximum Gasteiger partial charge on any atom is 0.301 e. The van der Waals surface area contributed by atoms with Gasteiger partial charge in [0.2, 0.25) is 0 Å². The fraction of sp³-hybridized carbons (Fsp3) is 0.235. The number of hydrogen-bond donors (Lipinski definition) is 2. The van der Waals surface area contributed by atoms with Gasteiger partial charge in [-0.05, 0) is 49.4 Å². The zero-order valence-corrected chi connectivity index (χ0v) is 15.1. The Kier molecular flexibility index (Phi) is 4.65. The molecule has 0 aliphatic rings. The third kappa shape index (κ3) is 3.75. The molecule has 3 rings (SSSR count). The van der Waals surface area contributed by atoms with E-state index in [1.54, 1.807) is 18.2 Å². The molecule has 0 radical (unpaired) electrons. The van der Waals surface area contributed by atoms with Crippen LogP contribution < -0.4 is 14.3 Å². The maximum absolute atomic E-state index is 11.9. The lowest BCUT2D eigenvalue weighted by molar-refractivity contribution is 0.490. The summed E-state index contributed by atoms with van der Waals surface area (Å²) in [6.45, 7) is 2.45. The first-order valence-electron chi connectivity index (χ1n) is 7.76. The fourth-order valence-electron chi connectivity index (χ4n) is 2.44. The van der Waals surface area contributed by atoms with Crippen molar-refractivity contribution in [3.63, 3.8) is 0 Å². The molecular weight excluding hydrogens is 340 g/mol. The number of furan rings is 1. The molecule has 25 heavy (non-hydrogen) atoms. The van der Waals surface area contributed by atoms with Crippen molar-refractivity contribution >= 4 is 32.6 Å². The number of anilines is 2. The van der Waals surface area contributed by atoms with Crippen LogP contribution in [0.3, 0.4) is 0 Å². The molecule has 1 aromatic carbocycles. The zero-order chi connectivity index (χ0) is 18.0. The molecule has 0 amide bonds. The Hall–Kier alpha value is -2.58. The molecular formula is C17H20N4O3S. The summed E-state index contributed by atoms with van der Waals surface area (Å²) in [7, 11) is -0.642. The Morgan fingerprint density at radius 3 is 2.64 bits per heavy atom. The van der Waals surface area contributed by atoms with E-state index >= 15 is 0 Å².